The number of allylic oxidation sites excluding steroid dienone is 1. The minimum absolute atomic E-state index is 0. The second kappa shape index (κ2) is 11.5. The summed E-state index contributed by atoms with van der Waals surface area (Å²) in [6, 6.07) is 29.0. The molecule has 120 valence electrons. The molecule has 1 aliphatic carbocycles. The van der Waals surface area contributed by atoms with Crippen molar-refractivity contribution in [3.8, 4) is 0 Å². The van der Waals surface area contributed by atoms with Crippen LogP contribution in [0.5, 0.6) is 0 Å². The number of hydrogen-bond acceptors (Lipinski definition) is 0. The van der Waals surface area contributed by atoms with Crippen molar-refractivity contribution in [2.45, 2.75) is 12.8 Å². The molecule has 0 saturated heterocycles. The quantitative estimate of drug-likeness (QED) is 0.299. The number of fused-ring (bicyclic) bond motifs is 1. The third-order valence-corrected chi connectivity index (χ3v) is 3.77. The molecule has 0 saturated carbocycles. The molecule has 0 amide bonds. The third-order valence-electron chi connectivity index (χ3n) is 3.77. The van der Waals surface area contributed by atoms with E-state index in [1.54, 1.807) is 0 Å². The summed E-state index contributed by atoms with van der Waals surface area (Å²) in [4.78, 5) is 0. The van der Waals surface area contributed by atoms with E-state index in [2.05, 4.69) is 67.6 Å². The van der Waals surface area contributed by atoms with Crippen LogP contribution in [0.4, 0.5) is 0 Å². The molecular formula is C21H18Cl2Hf. The van der Waals surface area contributed by atoms with Crippen LogP contribution in [0.25, 0.3) is 5.57 Å². The van der Waals surface area contributed by atoms with Crippen molar-refractivity contribution in [3.63, 3.8) is 0 Å². The van der Waals surface area contributed by atoms with Crippen molar-refractivity contribution in [1.29, 1.82) is 0 Å². The minimum atomic E-state index is 0. The molecule has 0 bridgehead atoms. The van der Waals surface area contributed by atoms with Crippen LogP contribution in [-0.4, -0.2) is 0 Å². The van der Waals surface area contributed by atoms with Crippen LogP contribution in [0.2, 0.25) is 0 Å². The Bertz CT molecular complexity index is 701. The van der Waals surface area contributed by atoms with E-state index in [0.29, 0.717) is 5.92 Å². The van der Waals surface area contributed by atoms with Crippen molar-refractivity contribution >= 4 is 5.57 Å². The summed E-state index contributed by atoms with van der Waals surface area (Å²) in [5.41, 5.74) is 5.23. The van der Waals surface area contributed by atoms with Gasteiger partial charge in [-0.3, -0.25) is 0 Å². The summed E-state index contributed by atoms with van der Waals surface area (Å²) in [6.07, 6.45) is 3.52. The second-order valence-electron chi connectivity index (χ2n) is 5.18. The topological polar surface area (TPSA) is 0 Å². The van der Waals surface area contributed by atoms with E-state index in [4.69, 9.17) is 0 Å². The maximum Gasteiger partial charge on any atom is 4.00 e. The predicted octanol–water partition coefficient (Wildman–Crippen LogP) is -0.550. The molecule has 0 nitrogen and oxygen atoms in total. The van der Waals surface area contributed by atoms with Crippen molar-refractivity contribution in [3.05, 3.63) is 108 Å². The molecular weight excluding hydrogens is 502 g/mol. The summed E-state index contributed by atoms with van der Waals surface area (Å²) in [6.45, 7) is 2.25. The Hall–Kier alpha value is -1.02. The van der Waals surface area contributed by atoms with Gasteiger partial charge in [0.05, 0.1) is 0 Å². The van der Waals surface area contributed by atoms with E-state index in [1.807, 2.05) is 30.3 Å². The largest absolute Gasteiger partial charge is 4.00 e. The summed E-state index contributed by atoms with van der Waals surface area (Å²) < 4.78 is 0. The molecule has 0 spiro atoms. The Labute approximate surface area is 176 Å². The van der Waals surface area contributed by atoms with Gasteiger partial charge in [-0.25, -0.2) is 12.1 Å². The van der Waals surface area contributed by atoms with Crippen molar-refractivity contribution in [2.75, 3.05) is 0 Å². The first kappa shape index (κ1) is 23.0. The fourth-order valence-electron chi connectivity index (χ4n) is 2.66. The van der Waals surface area contributed by atoms with Gasteiger partial charge < -0.3 is 24.8 Å². The van der Waals surface area contributed by atoms with Crippen molar-refractivity contribution in [2.24, 2.45) is 0 Å². The van der Waals surface area contributed by atoms with Gasteiger partial charge in [0, 0.05) is 0 Å². The maximum absolute atomic E-state index is 3.52. The molecule has 0 fully saturated rings. The van der Waals surface area contributed by atoms with E-state index in [0.717, 1.165) is 0 Å². The van der Waals surface area contributed by atoms with Crippen LogP contribution < -0.4 is 24.8 Å². The SMILES string of the molecule is CC1C(c2ccccc2)=[C-]c2ccccc21.[Cl-].[Cl-].[Hf+4].c1cc[cH-]c1. The molecule has 1 atom stereocenters. The average Bonchev–Trinajstić information content (AvgIpc) is 3.21. The van der Waals surface area contributed by atoms with Crippen LogP contribution in [0.1, 0.15) is 29.5 Å². The van der Waals surface area contributed by atoms with Gasteiger partial charge in [0.25, 0.3) is 0 Å². The zero-order valence-corrected chi connectivity index (χ0v) is 18.5. The molecule has 0 aliphatic heterocycles. The molecule has 0 heterocycles. The molecule has 4 rings (SSSR count). The van der Waals surface area contributed by atoms with Gasteiger partial charge in [0.1, 0.15) is 0 Å². The Morgan fingerprint density at radius 2 is 1.38 bits per heavy atom. The van der Waals surface area contributed by atoms with Crippen LogP contribution >= 0.6 is 0 Å². The first-order valence-electron chi connectivity index (χ1n) is 7.31. The van der Waals surface area contributed by atoms with Gasteiger partial charge in [-0.1, -0.05) is 48.9 Å². The first-order valence-corrected chi connectivity index (χ1v) is 7.31. The number of halogens is 2. The maximum atomic E-state index is 3.52. The van der Waals surface area contributed by atoms with Crippen LogP contribution in [-0.2, 0) is 25.8 Å². The average molecular weight is 520 g/mol. The smallest absolute Gasteiger partial charge is 1.00 e. The molecule has 1 aliphatic rings. The van der Waals surface area contributed by atoms with Gasteiger partial charge >= 0.3 is 25.8 Å². The second-order valence-corrected chi connectivity index (χ2v) is 5.18. The first-order chi connectivity index (χ1) is 10.4. The fraction of sp³-hybridized carbons (Fsp3) is 0.0952. The van der Waals surface area contributed by atoms with Crippen molar-refractivity contribution in [1.82, 2.24) is 0 Å². The monoisotopic (exact) mass is 520 g/mol. The van der Waals surface area contributed by atoms with E-state index in [-0.39, 0.29) is 50.7 Å². The number of hydrogen-bond donors (Lipinski definition) is 0. The van der Waals surface area contributed by atoms with E-state index >= 15 is 0 Å². The molecule has 1 unspecified atom stereocenters. The van der Waals surface area contributed by atoms with E-state index in [9.17, 15) is 0 Å². The molecule has 3 aromatic carbocycles. The normalized spacial score (nSPS) is 13.7. The van der Waals surface area contributed by atoms with Crippen LogP contribution in [0, 0.1) is 6.08 Å². The summed E-state index contributed by atoms with van der Waals surface area (Å²) in [7, 11) is 0. The standard InChI is InChI=1S/C16H13.C5H5.2ClH.Hf/c1-12-15-10-6-5-9-14(15)11-16(12)13-7-3-2-4-8-13;1-2-4-5-3-1;;;/h2-10,12H,1H3;1-5H;2*1H;/q2*-1;;;+4/p-2. The van der Waals surface area contributed by atoms with Gasteiger partial charge in [-0.05, 0) is 5.92 Å². The summed E-state index contributed by atoms with van der Waals surface area (Å²) in [5.74, 6) is 0.457. The summed E-state index contributed by atoms with van der Waals surface area (Å²) in [5, 5.41) is 0. The Morgan fingerprint density at radius 1 is 0.792 bits per heavy atom. The zero-order chi connectivity index (χ0) is 14.5. The van der Waals surface area contributed by atoms with Gasteiger partial charge in [-0.2, -0.15) is 18.2 Å². The molecule has 0 radical (unpaired) electrons. The van der Waals surface area contributed by atoms with Crippen LogP contribution in [0.3, 0.4) is 0 Å². The Balaban J connectivity index is 0.000000578. The number of benzene rings is 2. The number of rotatable bonds is 1. The Kier molecular flexibility index (Phi) is 11.0. The molecule has 24 heavy (non-hydrogen) atoms. The van der Waals surface area contributed by atoms with Crippen molar-refractivity contribution < 1.29 is 50.7 Å². The predicted molar refractivity (Wildman–Crippen MR) is 89.1 cm³/mol. The molecule has 0 N–H and O–H groups in total. The zero-order valence-electron chi connectivity index (χ0n) is 13.4. The van der Waals surface area contributed by atoms with E-state index < -0.39 is 0 Å². The van der Waals surface area contributed by atoms with Crippen LogP contribution in [0.15, 0.2) is 84.9 Å². The Morgan fingerprint density at radius 3 is 1.92 bits per heavy atom. The summed E-state index contributed by atoms with van der Waals surface area (Å²) >= 11 is 0. The van der Waals surface area contributed by atoms with Gasteiger partial charge in [0.15, 0.2) is 0 Å². The third kappa shape index (κ3) is 5.51. The van der Waals surface area contributed by atoms with Gasteiger partial charge in [0.2, 0.25) is 0 Å². The minimum Gasteiger partial charge on any atom is -1.00 e. The molecule has 3 heteroatoms. The molecule has 3 aromatic rings. The fourth-order valence-corrected chi connectivity index (χ4v) is 2.66. The van der Waals surface area contributed by atoms with Gasteiger partial charge in [-0.15, -0.1) is 41.0 Å². The molecule has 0 aromatic heterocycles. The van der Waals surface area contributed by atoms with E-state index in [1.165, 1.54) is 22.3 Å².